The van der Waals surface area contributed by atoms with Gasteiger partial charge in [-0.1, -0.05) is 34.1 Å². The average molecular weight is 326 g/mol. The Kier molecular flexibility index (Phi) is 4.30. The first-order valence-corrected chi connectivity index (χ1v) is 7.27. The van der Waals surface area contributed by atoms with E-state index in [0.717, 1.165) is 20.6 Å². The number of rotatable bonds is 3. The van der Waals surface area contributed by atoms with Gasteiger partial charge >= 0.3 is 0 Å². The summed E-state index contributed by atoms with van der Waals surface area (Å²) >= 11 is 4.80. The Bertz CT molecular complexity index is 572. The molecule has 2 rings (SSSR count). The van der Waals surface area contributed by atoms with E-state index in [-0.39, 0.29) is 5.82 Å². The Morgan fingerprint density at radius 1 is 1.28 bits per heavy atom. The van der Waals surface area contributed by atoms with Crippen LogP contribution in [0.2, 0.25) is 0 Å². The molecular formula is C14H13BrFNS. The highest BCUT2D eigenvalue weighted by atomic mass is 79.9. The zero-order valence-corrected chi connectivity index (χ0v) is 12.3. The number of halogens is 2. The van der Waals surface area contributed by atoms with Gasteiger partial charge in [0.15, 0.2) is 0 Å². The van der Waals surface area contributed by atoms with Crippen LogP contribution in [0.25, 0.3) is 0 Å². The van der Waals surface area contributed by atoms with E-state index in [9.17, 15) is 4.39 Å². The van der Waals surface area contributed by atoms with Crippen molar-refractivity contribution >= 4 is 33.4 Å². The maximum atomic E-state index is 13.7. The predicted molar refractivity (Wildman–Crippen MR) is 79.3 cm³/mol. The minimum atomic E-state index is -0.192. The van der Waals surface area contributed by atoms with Crippen LogP contribution in [0.15, 0.2) is 45.8 Å². The monoisotopic (exact) mass is 325 g/mol. The zero-order valence-electron chi connectivity index (χ0n) is 9.91. The summed E-state index contributed by atoms with van der Waals surface area (Å²) < 4.78 is 14.4. The number of thioether (sulfide) groups is 1. The number of nitrogen functional groups attached to an aromatic ring is 1. The summed E-state index contributed by atoms with van der Waals surface area (Å²) in [5.41, 5.74) is 8.50. The van der Waals surface area contributed by atoms with Crippen LogP contribution in [0, 0.1) is 12.7 Å². The molecule has 0 fully saturated rings. The fourth-order valence-corrected chi connectivity index (χ4v) is 2.94. The number of hydrogen-bond acceptors (Lipinski definition) is 2. The van der Waals surface area contributed by atoms with Crippen molar-refractivity contribution in [3.05, 3.63) is 57.8 Å². The van der Waals surface area contributed by atoms with Crippen LogP contribution in [0.5, 0.6) is 0 Å². The molecule has 2 aromatic rings. The van der Waals surface area contributed by atoms with Gasteiger partial charge in [-0.3, -0.25) is 0 Å². The molecule has 2 aromatic carbocycles. The predicted octanol–water partition coefficient (Wildman–Crippen LogP) is 4.77. The molecule has 0 aliphatic carbocycles. The molecule has 4 heteroatoms. The van der Waals surface area contributed by atoms with Gasteiger partial charge in [0.2, 0.25) is 0 Å². The van der Waals surface area contributed by atoms with Gasteiger partial charge in [-0.15, -0.1) is 11.8 Å². The summed E-state index contributed by atoms with van der Waals surface area (Å²) in [6.07, 6.45) is 0. The highest BCUT2D eigenvalue weighted by molar-refractivity contribution is 9.10. The molecule has 0 aromatic heterocycles. The third-order valence-corrected chi connectivity index (χ3v) is 4.30. The fraction of sp³-hybridized carbons (Fsp3) is 0.143. The van der Waals surface area contributed by atoms with E-state index in [1.807, 2.05) is 31.2 Å². The Balaban J connectivity index is 2.14. The van der Waals surface area contributed by atoms with Crippen LogP contribution in [0.1, 0.15) is 11.1 Å². The number of aryl methyl sites for hydroxylation is 1. The van der Waals surface area contributed by atoms with E-state index < -0.39 is 0 Å². The van der Waals surface area contributed by atoms with Crippen LogP contribution in [0.4, 0.5) is 10.1 Å². The highest BCUT2D eigenvalue weighted by Crippen LogP contribution is 2.31. The first-order valence-electron chi connectivity index (χ1n) is 5.50. The lowest BCUT2D eigenvalue weighted by Gasteiger charge is -2.08. The molecule has 0 heterocycles. The van der Waals surface area contributed by atoms with E-state index in [4.69, 9.17) is 5.73 Å². The van der Waals surface area contributed by atoms with Crippen molar-refractivity contribution in [2.45, 2.75) is 17.6 Å². The topological polar surface area (TPSA) is 26.0 Å². The smallest absolute Gasteiger partial charge is 0.128 e. The van der Waals surface area contributed by atoms with E-state index in [2.05, 4.69) is 15.9 Å². The maximum absolute atomic E-state index is 13.7. The van der Waals surface area contributed by atoms with E-state index in [0.29, 0.717) is 11.3 Å². The molecule has 0 atom stereocenters. The van der Waals surface area contributed by atoms with Crippen LogP contribution >= 0.6 is 27.7 Å². The summed E-state index contributed by atoms with van der Waals surface area (Å²) in [4.78, 5) is 0.998. The highest BCUT2D eigenvalue weighted by Gasteiger charge is 2.06. The molecule has 2 N–H and O–H groups in total. The molecule has 1 nitrogen and oxygen atoms in total. The van der Waals surface area contributed by atoms with E-state index in [1.54, 1.807) is 17.8 Å². The molecule has 94 valence electrons. The summed E-state index contributed by atoms with van der Waals surface area (Å²) in [5, 5.41) is 0. The molecule has 0 aliphatic rings. The number of benzene rings is 2. The maximum Gasteiger partial charge on any atom is 0.128 e. The molecular weight excluding hydrogens is 313 g/mol. The molecule has 0 spiro atoms. The van der Waals surface area contributed by atoms with Gasteiger partial charge < -0.3 is 5.73 Å². The summed E-state index contributed by atoms with van der Waals surface area (Å²) in [5.74, 6) is 0.385. The second-order valence-corrected chi connectivity index (χ2v) is 5.94. The Hall–Kier alpha value is -1.00. The molecule has 18 heavy (non-hydrogen) atoms. The van der Waals surface area contributed by atoms with E-state index in [1.165, 1.54) is 6.07 Å². The minimum absolute atomic E-state index is 0.192. The standard InChI is InChI=1S/C14H13BrFNS/c1-9-3-2-4-13(14(9)17)18-8-10-5-6-11(15)7-12(10)16/h2-7H,8,17H2,1H3. The second-order valence-electron chi connectivity index (χ2n) is 4.01. The van der Waals surface area contributed by atoms with Crippen LogP contribution in [0.3, 0.4) is 0 Å². The fourth-order valence-electron chi connectivity index (χ4n) is 1.57. The summed E-state index contributed by atoms with van der Waals surface area (Å²) in [7, 11) is 0. The van der Waals surface area contributed by atoms with Crippen LogP contribution < -0.4 is 5.73 Å². The van der Waals surface area contributed by atoms with Gasteiger partial charge in [-0.2, -0.15) is 0 Å². The molecule has 0 aliphatic heterocycles. The first kappa shape index (κ1) is 13.4. The molecule has 0 radical (unpaired) electrons. The molecule has 0 bridgehead atoms. The lowest BCUT2D eigenvalue weighted by molar-refractivity contribution is 0.616. The van der Waals surface area contributed by atoms with Crippen molar-refractivity contribution in [2.75, 3.05) is 5.73 Å². The first-order chi connectivity index (χ1) is 8.58. The Labute approximate surface area is 119 Å². The van der Waals surface area contributed by atoms with Gasteiger partial charge in [0, 0.05) is 20.8 Å². The Morgan fingerprint density at radius 2 is 2.06 bits per heavy atom. The van der Waals surface area contributed by atoms with Crippen molar-refractivity contribution in [3.8, 4) is 0 Å². The molecule has 0 amide bonds. The number of anilines is 1. The lowest BCUT2D eigenvalue weighted by Crippen LogP contribution is -1.93. The minimum Gasteiger partial charge on any atom is -0.398 e. The largest absolute Gasteiger partial charge is 0.398 e. The zero-order chi connectivity index (χ0) is 13.1. The molecule has 0 unspecified atom stereocenters. The van der Waals surface area contributed by atoms with Gasteiger partial charge in [-0.05, 0) is 36.2 Å². The van der Waals surface area contributed by atoms with Crippen molar-refractivity contribution in [2.24, 2.45) is 0 Å². The quantitative estimate of drug-likeness (QED) is 0.649. The number of hydrogen-bond donors (Lipinski definition) is 1. The SMILES string of the molecule is Cc1cccc(SCc2ccc(Br)cc2F)c1N. The van der Waals surface area contributed by atoms with Gasteiger partial charge in [0.1, 0.15) is 5.82 Å². The van der Waals surface area contributed by atoms with E-state index >= 15 is 0 Å². The molecule has 0 saturated heterocycles. The number of nitrogens with two attached hydrogens (primary N) is 1. The van der Waals surface area contributed by atoms with Crippen LogP contribution in [-0.2, 0) is 5.75 Å². The third kappa shape index (κ3) is 3.06. The normalized spacial score (nSPS) is 10.6. The van der Waals surface area contributed by atoms with Crippen molar-refractivity contribution in [1.82, 2.24) is 0 Å². The van der Waals surface area contributed by atoms with Crippen molar-refractivity contribution in [3.63, 3.8) is 0 Å². The van der Waals surface area contributed by atoms with Crippen molar-refractivity contribution < 1.29 is 4.39 Å². The van der Waals surface area contributed by atoms with Crippen LogP contribution in [-0.4, -0.2) is 0 Å². The third-order valence-electron chi connectivity index (χ3n) is 2.68. The lowest BCUT2D eigenvalue weighted by atomic mass is 10.2. The van der Waals surface area contributed by atoms with Gasteiger partial charge in [0.25, 0.3) is 0 Å². The summed E-state index contributed by atoms with van der Waals surface area (Å²) in [6.45, 7) is 1.97. The molecule has 0 saturated carbocycles. The number of para-hydroxylation sites is 1. The van der Waals surface area contributed by atoms with Crippen molar-refractivity contribution in [1.29, 1.82) is 0 Å². The van der Waals surface area contributed by atoms with Gasteiger partial charge in [-0.25, -0.2) is 4.39 Å². The summed E-state index contributed by atoms with van der Waals surface area (Å²) in [6, 6.07) is 11.0. The Morgan fingerprint density at radius 3 is 2.78 bits per heavy atom. The van der Waals surface area contributed by atoms with Gasteiger partial charge in [0.05, 0.1) is 0 Å². The average Bonchev–Trinajstić information content (AvgIpc) is 2.33. The second kappa shape index (κ2) is 5.76.